The Morgan fingerprint density at radius 3 is 2.38 bits per heavy atom. The second-order valence-electron chi connectivity index (χ2n) is 3.76. The highest BCUT2D eigenvalue weighted by atomic mass is 16.5. The van der Waals surface area contributed by atoms with Gasteiger partial charge in [0.2, 0.25) is 0 Å². The summed E-state index contributed by atoms with van der Waals surface area (Å²) < 4.78 is 5.60. The third-order valence-corrected chi connectivity index (χ3v) is 2.46. The molecule has 2 N–H and O–H groups in total. The third kappa shape index (κ3) is 5.03. The first kappa shape index (κ1) is 12.8. The van der Waals surface area contributed by atoms with E-state index >= 15 is 0 Å². The van der Waals surface area contributed by atoms with Crippen LogP contribution in [0, 0.1) is 0 Å². The van der Waals surface area contributed by atoms with E-state index in [1.54, 1.807) is 0 Å². The number of nitrogens with one attached hydrogen (secondary N) is 1. The predicted molar refractivity (Wildman–Crippen MR) is 67.0 cm³/mol. The van der Waals surface area contributed by atoms with E-state index in [4.69, 9.17) is 9.84 Å². The Morgan fingerprint density at radius 2 is 1.75 bits per heavy atom. The lowest BCUT2D eigenvalue weighted by atomic mass is 10.2. The topological polar surface area (TPSA) is 41.5 Å². The highest BCUT2D eigenvalue weighted by Crippen LogP contribution is 2.15. The number of aliphatic hydroxyl groups excluding tert-OH is 1. The number of benzene rings is 1. The minimum Gasteiger partial charge on any atom is -0.494 e. The van der Waals surface area contributed by atoms with Gasteiger partial charge in [0.1, 0.15) is 5.75 Å². The highest BCUT2D eigenvalue weighted by molar-refractivity contribution is 5.45. The first-order chi connectivity index (χ1) is 7.86. The molecule has 0 saturated carbocycles. The summed E-state index contributed by atoms with van der Waals surface area (Å²) >= 11 is 0. The quantitative estimate of drug-likeness (QED) is 0.666. The molecule has 0 bridgehead atoms. The molecule has 16 heavy (non-hydrogen) atoms. The Labute approximate surface area is 97.4 Å². The van der Waals surface area contributed by atoms with Crippen LogP contribution in [0.4, 0.5) is 5.69 Å². The van der Waals surface area contributed by atoms with Crippen molar-refractivity contribution in [1.82, 2.24) is 0 Å². The molecule has 0 spiro atoms. The van der Waals surface area contributed by atoms with Crippen LogP contribution in [0.25, 0.3) is 0 Å². The van der Waals surface area contributed by atoms with Crippen LogP contribution in [-0.2, 0) is 0 Å². The van der Waals surface area contributed by atoms with Gasteiger partial charge in [-0.2, -0.15) is 0 Å². The summed E-state index contributed by atoms with van der Waals surface area (Å²) in [6.07, 6.45) is 4.15. The molecule has 0 atom stereocenters. The molecular formula is C13H21NO2. The number of aliphatic hydroxyl groups is 1. The summed E-state index contributed by atoms with van der Waals surface area (Å²) in [5, 5.41) is 11.7. The van der Waals surface area contributed by atoms with E-state index in [9.17, 15) is 0 Å². The van der Waals surface area contributed by atoms with E-state index < -0.39 is 0 Å². The molecule has 1 aromatic rings. The largest absolute Gasteiger partial charge is 0.494 e. The molecule has 0 radical (unpaired) electrons. The average Bonchev–Trinajstić information content (AvgIpc) is 2.34. The summed E-state index contributed by atoms with van der Waals surface area (Å²) in [6.45, 7) is 1.05. The molecule has 0 aliphatic carbocycles. The van der Waals surface area contributed by atoms with Gasteiger partial charge in [-0.05, 0) is 43.5 Å². The standard InChI is InChI=1S/C13H21NO2/c1-14-12-6-8-13(9-7-12)16-11-5-3-2-4-10-15/h6-9,14-15H,2-5,10-11H2,1H3. The maximum absolute atomic E-state index is 8.61. The number of unbranched alkanes of at least 4 members (excludes halogenated alkanes) is 3. The lowest BCUT2D eigenvalue weighted by molar-refractivity contribution is 0.273. The zero-order chi connectivity index (χ0) is 11.6. The van der Waals surface area contributed by atoms with Crippen molar-refractivity contribution in [2.24, 2.45) is 0 Å². The molecule has 0 heterocycles. The van der Waals surface area contributed by atoms with Crippen LogP contribution >= 0.6 is 0 Å². The molecule has 90 valence electrons. The molecule has 0 aliphatic heterocycles. The molecule has 0 fully saturated rings. The molecule has 0 unspecified atom stereocenters. The molecule has 1 aromatic carbocycles. The van der Waals surface area contributed by atoms with Crippen molar-refractivity contribution >= 4 is 5.69 Å². The molecule has 0 saturated heterocycles. The van der Waals surface area contributed by atoms with Crippen molar-refractivity contribution in [3.8, 4) is 5.75 Å². The smallest absolute Gasteiger partial charge is 0.119 e. The Hall–Kier alpha value is -1.22. The highest BCUT2D eigenvalue weighted by Gasteiger charge is 1.94. The summed E-state index contributed by atoms with van der Waals surface area (Å²) in [6, 6.07) is 7.95. The van der Waals surface area contributed by atoms with Gasteiger partial charge in [0.05, 0.1) is 6.61 Å². The van der Waals surface area contributed by atoms with Gasteiger partial charge in [-0.3, -0.25) is 0 Å². The first-order valence-corrected chi connectivity index (χ1v) is 5.88. The van der Waals surface area contributed by atoms with Crippen LogP contribution in [-0.4, -0.2) is 25.4 Å². The summed E-state index contributed by atoms with van der Waals surface area (Å²) in [4.78, 5) is 0. The van der Waals surface area contributed by atoms with Crippen LogP contribution in [0.2, 0.25) is 0 Å². The fraction of sp³-hybridized carbons (Fsp3) is 0.538. The second-order valence-corrected chi connectivity index (χ2v) is 3.76. The monoisotopic (exact) mass is 223 g/mol. The van der Waals surface area contributed by atoms with E-state index in [1.165, 1.54) is 0 Å². The van der Waals surface area contributed by atoms with Gasteiger partial charge in [0.25, 0.3) is 0 Å². The third-order valence-electron chi connectivity index (χ3n) is 2.46. The number of hydrogen-bond acceptors (Lipinski definition) is 3. The minimum atomic E-state index is 0.298. The van der Waals surface area contributed by atoms with E-state index in [0.717, 1.165) is 43.7 Å². The summed E-state index contributed by atoms with van der Waals surface area (Å²) in [5.41, 5.74) is 1.09. The van der Waals surface area contributed by atoms with Crippen molar-refractivity contribution < 1.29 is 9.84 Å². The molecule has 0 aromatic heterocycles. The van der Waals surface area contributed by atoms with Gasteiger partial charge in [0.15, 0.2) is 0 Å². The van der Waals surface area contributed by atoms with E-state index in [0.29, 0.717) is 6.61 Å². The molecule has 3 heteroatoms. The van der Waals surface area contributed by atoms with Crippen molar-refractivity contribution in [1.29, 1.82) is 0 Å². The lowest BCUT2D eigenvalue weighted by Gasteiger charge is -2.06. The molecule has 0 aliphatic rings. The van der Waals surface area contributed by atoms with Crippen molar-refractivity contribution in [2.75, 3.05) is 25.6 Å². The van der Waals surface area contributed by atoms with E-state index in [-0.39, 0.29) is 0 Å². The number of anilines is 1. The van der Waals surface area contributed by atoms with E-state index in [2.05, 4.69) is 5.32 Å². The number of rotatable bonds is 8. The second kappa shape index (κ2) is 7.99. The SMILES string of the molecule is CNc1ccc(OCCCCCCO)cc1. The zero-order valence-corrected chi connectivity index (χ0v) is 9.91. The average molecular weight is 223 g/mol. The van der Waals surface area contributed by atoms with Crippen LogP contribution < -0.4 is 10.1 Å². The maximum atomic E-state index is 8.61. The molecule has 3 nitrogen and oxygen atoms in total. The van der Waals surface area contributed by atoms with Gasteiger partial charge >= 0.3 is 0 Å². The van der Waals surface area contributed by atoms with Gasteiger partial charge in [-0.15, -0.1) is 0 Å². The fourth-order valence-electron chi connectivity index (χ4n) is 1.48. The Kier molecular flexibility index (Phi) is 6.42. The molecule has 1 rings (SSSR count). The summed E-state index contributed by atoms with van der Waals surface area (Å²) in [5.74, 6) is 0.918. The van der Waals surface area contributed by atoms with Crippen molar-refractivity contribution in [2.45, 2.75) is 25.7 Å². The minimum absolute atomic E-state index is 0.298. The Bertz CT molecular complexity index is 272. The van der Waals surface area contributed by atoms with Crippen molar-refractivity contribution in [3.63, 3.8) is 0 Å². The van der Waals surface area contributed by atoms with Crippen molar-refractivity contribution in [3.05, 3.63) is 24.3 Å². The Balaban J connectivity index is 2.12. The number of hydrogen-bond donors (Lipinski definition) is 2. The van der Waals surface area contributed by atoms with Gasteiger partial charge in [-0.1, -0.05) is 6.42 Å². The van der Waals surface area contributed by atoms with E-state index in [1.807, 2.05) is 31.3 Å². The molecular weight excluding hydrogens is 202 g/mol. The van der Waals surface area contributed by atoms with Crippen LogP contribution in [0.1, 0.15) is 25.7 Å². The fourth-order valence-corrected chi connectivity index (χ4v) is 1.48. The normalized spacial score (nSPS) is 10.1. The maximum Gasteiger partial charge on any atom is 0.119 e. The van der Waals surface area contributed by atoms with Gasteiger partial charge in [0, 0.05) is 19.3 Å². The zero-order valence-electron chi connectivity index (χ0n) is 9.91. The number of ether oxygens (including phenoxy) is 1. The first-order valence-electron chi connectivity index (χ1n) is 5.88. The Morgan fingerprint density at radius 1 is 1.06 bits per heavy atom. The van der Waals surface area contributed by atoms with Crippen LogP contribution in [0.5, 0.6) is 5.75 Å². The van der Waals surface area contributed by atoms with Gasteiger partial charge in [-0.25, -0.2) is 0 Å². The van der Waals surface area contributed by atoms with Crippen LogP contribution in [0.3, 0.4) is 0 Å². The predicted octanol–water partition coefficient (Wildman–Crippen LogP) is 2.66. The summed E-state index contributed by atoms with van der Waals surface area (Å²) in [7, 11) is 1.90. The molecule has 0 amide bonds. The van der Waals surface area contributed by atoms with Gasteiger partial charge < -0.3 is 15.2 Å². The lowest BCUT2D eigenvalue weighted by Crippen LogP contribution is -1.97. The van der Waals surface area contributed by atoms with Crippen LogP contribution in [0.15, 0.2) is 24.3 Å².